The molecule has 4 rings (SSSR count). The highest BCUT2D eigenvalue weighted by atomic mass is 35.5. The monoisotopic (exact) mass is 554 g/mol. The lowest BCUT2D eigenvalue weighted by Gasteiger charge is -2.15. The van der Waals surface area contributed by atoms with Crippen LogP contribution in [-0.4, -0.2) is 40.7 Å². The van der Waals surface area contributed by atoms with E-state index in [0.717, 1.165) is 0 Å². The molecule has 0 atom stereocenters. The van der Waals surface area contributed by atoms with E-state index >= 15 is 0 Å². The van der Waals surface area contributed by atoms with Gasteiger partial charge >= 0.3 is 5.97 Å². The number of thioether (sulfide) groups is 1. The van der Waals surface area contributed by atoms with Crippen molar-refractivity contribution in [1.29, 1.82) is 0 Å². The minimum atomic E-state index is -1.04. The highest BCUT2D eigenvalue weighted by Crippen LogP contribution is 2.40. The fourth-order valence-electron chi connectivity index (χ4n) is 3.74. The number of carbonyl (C=O) groups excluding carboxylic acids is 1. The Hall–Kier alpha value is -3.82. The predicted molar refractivity (Wildman–Crippen MR) is 147 cm³/mol. The Labute approximate surface area is 228 Å². The van der Waals surface area contributed by atoms with Gasteiger partial charge in [-0.05, 0) is 84.8 Å². The molecule has 1 heterocycles. The number of benzene rings is 3. The van der Waals surface area contributed by atoms with Gasteiger partial charge in [0.15, 0.2) is 16.7 Å². The molecule has 0 unspecified atom stereocenters. The number of halogens is 2. The van der Waals surface area contributed by atoms with E-state index in [1.807, 2.05) is 6.92 Å². The molecule has 0 aromatic heterocycles. The minimum Gasteiger partial charge on any atom is -0.490 e. The van der Waals surface area contributed by atoms with Gasteiger partial charge in [0.2, 0.25) is 0 Å². The van der Waals surface area contributed by atoms with E-state index < -0.39 is 5.97 Å². The third kappa shape index (κ3) is 6.00. The van der Waals surface area contributed by atoms with E-state index in [-0.39, 0.29) is 28.9 Å². The minimum absolute atomic E-state index is 0.0967. The van der Waals surface area contributed by atoms with Crippen molar-refractivity contribution in [3.8, 4) is 11.5 Å². The first-order chi connectivity index (χ1) is 18.2. The molecule has 1 saturated heterocycles. The Balaban J connectivity index is 1.61. The van der Waals surface area contributed by atoms with Crippen LogP contribution in [0.15, 0.2) is 64.5 Å². The van der Waals surface area contributed by atoms with Gasteiger partial charge in [-0.3, -0.25) is 9.69 Å². The molecule has 3 aromatic rings. The first kappa shape index (κ1) is 27.2. The van der Waals surface area contributed by atoms with Crippen molar-refractivity contribution in [2.45, 2.75) is 20.5 Å². The molecule has 7 nitrogen and oxygen atoms in total. The SMILES string of the molecule is CCOc1cc(/C=C2\SC(=Nc3cccc(C(=O)O)c3C)N(C)C2=O)cc(Cl)c1OCc1cccc(F)c1. The fraction of sp³-hybridized carbons (Fsp3) is 0.179. The van der Waals surface area contributed by atoms with Gasteiger partial charge < -0.3 is 14.6 Å². The van der Waals surface area contributed by atoms with Crippen LogP contribution >= 0.6 is 23.4 Å². The van der Waals surface area contributed by atoms with E-state index in [2.05, 4.69) is 4.99 Å². The summed E-state index contributed by atoms with van der Waals surface area (Å²) in [5.41, 5.74) is 2.38. The molecule has 1 aliphatic rings. The second-order valence-electron chi connectivity index (χ2n) is 8.31. The van der Waals surface area contributed by atoms with Crippen LogP contribution in [0.25, 0.3) is 6.08 Å². The first-order valence-corrected chi connectivity index (χ1v) is 12.8. The number of aromatic carboxylic acids is 1. The third-order valence-corrected chi connectivity index (χ3v) is 7.00. The number of rotatable bonds is 8. The number of nitrogens with zero attached hydrogens (tertiary/aromatic N) is 2. The van der Waals surface area contributed by atoms with Crippen LogP contribution < -0.4 is 9.47 Å². The second kappa shape index (κ2) is 11.7. The van der Waals surface area contributed by atoms with E-state index in [4.69, 9.17) is 21.1 Å². The van der Waals surface area contributed by atoms with Crippen LogP contribution in [-0.2, 0) is 11.4 Å². The van der Waals surface area contributed by atoms with Crippen molar-refractivity contribution in [2.75, 3.05) is 13.7 Å². The number of aliphatic imine (C=N–C) groups is 1. The van der Waals surface area contributed by atoms with Crippen LogP contribution in [0.2, 0.25) is 5.02 Å². The van der Waals surface area contributed by atoms with Gasteiger partial charge in [0.1, 0.15) is 12.4 Å². The summed E-state index contributed by atoms with van der Waals surface area (Å²) < 4.78 is 25.1. The highest BCUT2D eigenvalue weighted by molar-refractivity contribution is 8.18. The molecule has 0 spiro atoms. The summed E-state index contributed by atoms with van der Waals surface area (Å²) in [6.07, 6.45) is 1.68. The van der Waals surface area contributed by atoms with Crippen molar-refractivity contribution in [2.24, 2.45) is 4.99 Å². The lowest BCUT2D eigenvalue weighted by atomic mass is 10.1. The van der Waals surface area contributed by atoms with Gasteiger partial charge in [0.25, 0.3) is 5.91 Å². The Bertz CT molecular complexity index is 1470. The molecule has 3 aromatic carbocycles. The Morgan fingerprint density at radius 3 is 2.66 bits per heavy atom. The van der Waals surface area contributed by atoms with E-state index in [1.165, 1.54) is 34.9 Å². The highest BCUT2D eigenvalue weighted by Gasteiger charge is 2.31. The van der Waals surface area contributed by atoms with Crippen LogP contribution in [0.5, 0.6) is 11.5 Å². The van der Waals surface area contributed by atoms with Crippen LogP contribution in [0.3, 0.4) is 0 Å². The number of likely N-dealkylation sites (N-methyl/N-ethyl adjacent to an activating group) is 1. The zero-order valence-electron chi connectivity index (χ0n) is 20.8. The first-order valence-electron chi connectivity index (χ1n) is 11.6. The lowest BCUT2D eigenvalue weighted by molar-refractivity contribution is -0.121. The number of ether oxygens (including phenoxy) is 2. The molecule has 10 heteroatoms. The maximum Gasteiger partial charge on any atom is 0.336 e. The summed E-state index contributed by atoms with van der Waals surface area (Å²) in [7, 11) is 1.60. The van der Waals surface area contributed by atoms with Gasteiger partial charge in [-0.1, -0.05) is 29.8 Å². The Kier molecular flexibility index (Phi) is 8.38. The third-order valence-electron chi connectivity index (χ3n) is 5.66. The summed E-state index contributed by atoms with van der Waals surface area (Å²) in [4.78, 5) is 30.8. The Morgan fingerprint density at radius 2 is 1.95 bits per heavy atom. The molecule has 0 bridgehead atoms. The number of hydrogen-bond acceptors (Lipinski definition) is 6. The van der Waals surface area contributed by atoms with Gasteiger partial charge in [0.05, 0.1) is 27.8 Å². The molecule has 0 radical (unpaired) electrons. The van der Waals surface area contributed by atoms with Crippen molar-refractivity contribution in [3.05, 3.63) is 92.6 Å². The second-order valence-corrected chi connectivity index (χ2v) is 9.72. The number of amides is 1. The number of carboxylic acids is 1. The normalized spacial score (nSPS) is 15.4. The molecular formula is C28H24ClFN2O5S. The number of carbonyl (C=O) groups is 2. The molecule has 38 heavy (non-hydrogen) atoms. The van der Waals surface area contributed by atoms with Crippen LogP contribution in [0.1, 0.15) is 34.0 Å². The van der Waals surface area contributed by atoms with Gasteiger partial charge in [-0.15, -0.1) is 0 Å². The molecule has 1 amide bonds. The van der Waals surface area contributed by atoms with E-state index in [9.17, 15) is 19.1 Å². The number of carboxylic acid groups (broad SMARTS) is 1. The smallest absolute Gasteiger partial charge is 0.336 e. The molecule has 0 saturated carbocycles. The lowest BCUT2D eigenvalue weighted by Crippen LogP contribution is -2.23. The zero-order chi connectivity index (χ0) is 27.4. The maximum atomic E-state index is 13.5. The van der Waals surface area contributed by atoms with Crippen molar-refractivity contribution < 1.29 is 28.6 Å². The van der Waals surface area contributed by atoms with Crippen molar-refractivity contribution >= 4 is 52.2 Å². The standard InChI is InChI=1S/C28H24ClFN2O5S/c1-4-36-23-13-18(12-21(29)25(23)37-15-17-7-5-8-19(30)11-17)14-24-26(33)32(3)28(38-24)31-22-10-6-9-20(16(22)2)27(34)35/h5-14H,4,15H2,1-3H3,(H,34,35)/b24-14-,31-28?. The van der Waals surface area contributed by atoms with Gasteiger partial charge in [-0.2, -0.15) is 0 Å². The number of hydrogen-bond donors (Lipinski definition) is 1. The molecule has 0 aliphatic carbocycles. The molecule has 1 fully saturated rings. The maximum absolute atomic E-state index is 13.5. The molecule has 196 valence electrons. The summed E-state index contributed by atoms with van der Waals surface area (Å²) in [5, 5.41) is 10.1. The average molecular weight is 555 g/mol. The van der Waals surface area contributed by atoms with Gasteiger partial charge in [0, 0.05) is 7.05 Å². The molecule has 1 N–H and O–H groups in total. The summed E-state index contributed by atoms with van der Waals surface area (Å²) >= 11 is 7.70. The summed E-state index contributed by atoms with van der Waals surface area (Å²) in [6, 6.07) is 14.3. The average Bonchev–Trinajstić information content (AvgIpc) is 3.12. The molecular weight excluding hydrogens is 531 g/mol. The van der Waals surface area contributed by atoms with Crippen LogP contribution in [0, 0.1) is 12.7 Å². The predicted octanol–water partition coefficient (Wildman–Crippen LogP) is 6.70. The van der Waals surface area contributed by atoms with E-state index in [1.54, 1.807) is 56.4 Å². The Morgan fingerprint density at radius 1 is 1.18 bits per heavy atom. The zero-order valence-corrected chi connectivity index (χ0v) is 22.4. The summed E-state index contributed by atoms with van der Waals surface area (Å²) in [6.45, 7) is 3.95. The fourth-order valence-corrected chi connectivity index (χ4v) is 4.99. The quantitative estimate of drug-likeness (QED) is 0.312. The van der Waals surface area contributed by atoms with Crippen LogP contribution in [0.4, 0.5) is 10.1 Å². The largest absolute Gasteiger partial charge is 0.490 e. The van der Waals surface area contributed by atoms with Gasteiger partial charge in [-0.25, -0.2) is 14.2 Å². The van der Waals surface area contributed by atoms with Crippen molar-refractivity contribution in [1.82, 2.24) is 4.90 Å². The number of amidine groups is 1. The topological polar surface area (TPSA) is 88.4 Å². The van der Waals surface area contributed by atoms with Crippen molar-refractivity contribution in [3.63, 3.8) is 0 Å². The summed E-state index contributed by atoms with van der Waals surface area (Å²) in [5.74, 6) is -0.957. The van der Waals surface area contributed by atoms with E-state index in [0.29, 0.717) is 50.6 Å². The molecule has 1 aliphatic heterocycles.